The molecule has 2 rings (SSSR count). The summed E-state index contributed by atoms with van der Waals surface area (Å²) >= 11 is 0. The van der Waals surface area contributed by atoms with E-state index in [2.05, 4.69) is 0 Å². The van der Waals surface area contributed by atoms with E-state index in [9.17, 15) is 9.90 Å². The van der Waals surface area contributed by atoms with Gasteiger partial charge < -0.3 is 15.9 Å². The van der Waals surface area contributed by atoms with Gasteiger partial charge in [-0.25, -0.2) is 0 Å². The second kappa shape index (κ2) is 5.16. The van der Waals surface area contributed by atoms with Crippen molar-refractivity contribution in [3.63, 3.8) is 0 Å². The van der Waals surface area contributed by atoms with Gasteiger partial charge in [-0.05, 0) is 34.9 Å². The molecule has 0 unspecified atom stereocenters. The molecule has 0 aliphatic carbocycles. The molecule has 2 aromatic rings. The van der Waals surface area contributed by atoms with Gasteiger partial charge in [0.05, 0.1) is 6.04 Å². The molecule has 0 aliphatic rings. The van der Waals surface area contributed by atoms with Crippen LogP contribution in [-0.2, 0) is 11.2 Å². The number of phenolic OH excluding ortho intramolecular Hbond substituents is 1. The monoisotopic (exact) mass is 245 g/mol. The molecule has 2 aromatic carbocycles. The normalized spacial score (nSPS) is 12.6. The van der Waals surface area contributed by atoms with Crippen LogP contribution in [0.3, 0.4) is 0 Å². The Morgan fingerprint density at radius 1 is 1.17 bits per heavy atom. The van der Waals surface area contributed by atoms with E-state index in [-0.39, 0.29) is 11.5 Å². The number of aliphatic hydroxyl groups is 1. The van der Waals surface area contributed by atoms with E-state index >= 15 is 0 Å². The fraction of sp³-hybridized carbons (Fsp3) is 0.214. The average Bonchev–Trinajstić information content (AvgIpc) is 2.38. The average molecular weight is 245 g/mol. The summed E-state index contributed by atoms with van der Waals surface area (Å²) in [5, 5.41) is 20.0. The summed E-state index contributed by atoms with van der Waals surface area (Å²) in [7, 11) is 0. The molecule has 0 heterocycles. The highest BCUT2D eigenvalue weighted by Crippen LogP contribution is 2.21. The van der Waals surface area contributed by atoms with E-state index in [1.165, 1.54) is 0 Å². The number of hydrogen-bond donors (Lipinski definition) is 3. The molecule has 0 aliphatic heterocycles. The minimum absolute atomic E-state index is 0.224. The molecule has 0 saturated carbocycles. The molecule has 18 heavy (non-hydrogen) atoms. The molecular weight excluding hydrogens is 230 g/mol. The molecule has 0 fully saturated rings. The Morgan fingerprint density at radius 2 is 1.83 bits per heavy atom. The number of Topliss-reactive ketones (excluding diaryl/α,β-unsaturated/α-hetero) is 1. The van der Waals surface area contributed by atoms with E-state index < -0.39 is 12.6 Å². The van der Waals surface area contributed by atoms with E-state index in [1.807, 2.05) is 24.3 Å². The van der Waals surface area contributed by atoms with Crippen LogP contribution in [-0.4, -0.2) is 28.6 Å². The summed E-state index contributed by atoms with van der Waals surface area (Å²) in [4.78, 5) is 11.2. The predicted molar refractivity (Wildman–Crippen MR) is 69.4 cm³/mol. The van der Waals surface area contributed by atoms with Crippen LogP contribution in [0.15, 0.2) is 36.4 Å². The van der Waals surface area contributed by atoms with Crippen LogP contribution in [0, 0.1) is 0 Å². The van der Waals surface area contributed by atoms with E-state index in [1.54, 1.807) is 12.1 Å². The first-order valence-corrected chi connectivity index (χ1v) is 5.71. The third kappa shape index (κ3) is 2.67. The maximum Gasteiger partial charge on any atom is 0.175 e. The number of benzene rings is 2. The fourth-order valence-corrected chi connectivity index (χ4v) is 1.89. The smallest absolute Gasteiger partial charge is 0.175 e. The maximum absolute atomic E-state index is 11.2. The van der Waals surface area contributed by atoms with Crippen molar-refractivity contribution in [2.45, 2.75) is 12.5 Å². The lowest BCUT2D eigenvalue weighted by Gasteiger charge is -2.09. The lowest BCUT2D eigenvalue weighted by atomic mass is 10.00. The van der Waals surface area contributed by atoms with Gasteiger partial charge in [0.15, 0.2) is 5.78 Å². The third-order valence-electron chi connectivity index (χ3n) is 2.91. The number of ketones is 1. The number of carbonyl (C=O) groups excluding carboxylic acids is 1. The topological polar surface area (TPSA) is 83.5 Å². The number of carbonyl (C=O) groups is 1. The van der Waals surface area contributed by atoms with Crippen molar-refractivity contribution in [2.75, 3.05) is 6.61 Å². The highest BCUT2D eigenvalue weighted by molar-refractivity contribution is 5.86. The zero-order chi connectivity index (χ0) is 13.1. The molecule has 0 bridgehead atoms. The van der Waals surface area contributed by atoms with Crippen LogP contribution < -0.4 is 5.73 Å². The minimum atomic E-state index is -0.676. The number of rotatable bonds is 4. The summed E-state index contributed by atoms with van der Waals surface area (Å²) < 4.78 is 0. The highest BCUT2D eigenvalue weighted by Gasteiger charge is 2.12. The van der Waals surface area contributed by atoms with Gasteiger partial charge in [0.2, 0.25) is 0 Å². The summed E-state index contributed by atoms with van der Waals surface area (Å²) in [5.74, 6) is -0.136. The molecule has 1 atom stereocenters. The van der Waals surface area contributed by atoms with Gasteiger partial charge in [-0.1, -0.05) is 24.3 Å². The summed E-state index contributed by atoms with van der Waals surface area (Å²) in [6.07, 6.45) is 0.399. The van der Waals surface area contributed by atoms with Crippen LogP contribution in [0.4, 0.5) is 0 Å². The first-order chi connectivity index (χ1) is 8.60. The lowest BCUT2D eigenvalue weighted by Crippen LogP contribution is -2.34. The molecule has 4 nitrogen and oxygen atoms in total. The van der Waals surface area contributed by atoms with Crippen molar-refractivity contribution >= 4 is 16.6 Å². The Bertz CT molecular complexity index is 580. The predicted octanol–water partition coefficient (Wildman–Crippen LogP) is 0.977. The van der Waals surface area contributed by atoms with Crippen molar-refractivity contribution in [1.82, 2.24) is 0 Å². The van der Waals surface area contributed by atoms with E-state index in [4.69, 9.17) is 10.8 Å². The number of nitrogens with two attached hydrogens (primary N) is 1. The molecule has 94 valence electrons. The summed E-state index contributed by atoms with van der Waals surface area (Å²) in [6, 6.07) is 10.1. The van der Waals surface area contributed by atoms with Crippen molar-refractivity contribution in [2.24, 2.45) is 5.73 Å². The Hall–Kier alpha value is -1.91. The van der Waals surface area contributed by atoms with Gasteiger partial charge >= 0.3 is 0 Å². The van der Waals surface area contributed by atoms with Crippen molar-refractivity contribution < 1.29 is 15.0 Å². The van der Waals surface area contributed by atoms with Gasteiger partial charge in [-0.3, -0.25) is 4.79 Å². The van der Waals surface area contributed by atoms with Crippen molar-refractivity contribution in [3.05, 3.63) is 42.0 Å². The molecule has 4 N–H and O–H groups in total. The molecule has 0 spiro atoms. The first kappa shape index (κ1) is 12.5. The Balaban J connectivity index is 2.25. The summed E-state index contributed by atoms with van der Waals surface area (Å²) in [5.41, 5.74) is 6.61. The Kier molecular flexibility index (Phi) is 3.60. The summed E-state index contributed by atoms with van der Waals surface area (Å²) in [6.45, 7) is -0.525. The van der Waals surface area contributed by atoms with E-state index in [0.29, 0.717) is 6.42 Å². The minimum Gasteiger partial charge on any atom is -0.508 e. The van der Waals surface area contributed by atoms with Crippen LogP contribution in [0.2, 0.25) is 0 Å². The van der Waals surface area contributed by atoms with Crippen LogP contribution >= 0.6 is 0 Å². The van der Waals surface area contributed by atoms with Crippen LogP contribution in [0.1, 0.15) is 5.56 Å². The quantitative estimate of drug-likeness (QED) is 0.749. The van der Waals surface area contributed by atoms with Gasteiger partial charge in [-0.2, -0.15) is 0 Å². The number of fused-ring (bicyclic) bond motifs is 1. The number of aliphatic hydroxyl groups excluding tert-OH is 1. The van der Waals surface area contributed by atoms with Gasteiger partial charge in [0.1, 0.15) is 12.4 Å². The Morgan fingerprint density at radius 3 is 2.56 bits per heavy atom. The van der Waals surface area contributed by atoms with E-state index in [0.717, 1.165) is 16.3 Å². The zero-order valence-electron chi connectivity index (χ0n) is 9.84. The lowest BCUT2D eigenvalue weighted by molar-refractivity contribution is -0.122. The Labute approximate surface area is 105 Å². The number of aromatic hydroxyl groups is 1. The zero-order valence-corrected chi connectivity index (χ0v) is 9.84. The third-order valence-corrected chi connectivity index (χ3v) is 2.91. The maximum atomic E-state index is 11.2. The van der Waals surface area contributed by atoms with Gasteiger partial charge in [0.25, 0.3) is 0 Å². The standard InChI is InChI=1S/C14H15NO3/c15-13(14(18)8-16)6-9-1-2-11-7-12(17)4-3-10(11)5-9/h1-5,7,13,16-17H,6,8,15H2/t13-/m0/s1. The van der Waals surface area contributed by atoms with Crippen LogP contribution in [0.5, 0.6) is 5.75 Å². The molecule has 0 radical (unpaired) electrons. The molecule has 0 amide bonds. The molecule has 0 aromatic heterocycles. The number of hydrogen-bond acceptors (Lipinski definition) is 4. The second-order valence-corrected chi connectivity index (χ2v) is 4.30. The van der Waals surface area contributed by atoms with Gasteiger partial charge in [0, 0.05) is 0 Å². The molecular formula is C14H15NO3. The SMILES string of the molecule is N[C@@H](Cc1ccc2cc(O)ccc2c1)C(=O)CO. The first-order valence-electron chi connectivity index (χ1n) is 5.71. The van der Waals surface area contributed by atoms with Crippen LogP contribution in [0.25, 0.3) is 10.8 Å². The fourth-order valence-electron chi connectivity index (χ4n) is 1.89. The van der Waals surface area contributed by atoms with Crippen molar-refractivity contribution in [1.29, 1.82) is 0 Å². The largest absolute Gasteiger partial charge is 0.508 e. The number of phenols is 1. The highest BCUT2D eigenvalue weighted by atomic mass is 16.3. The van der Waals surface area contributed by atoms with Crippen molar-refractivity contribution in [3.8, 4) is 5.75 Å². The second-order valence-electron chi connectivity index (χ2n) is 4.30. The molecule has 0 saturated heterocycles. The van der Waals surface area contributed by atoms with Gasteiger partial charge in [-0.15, -0.1) is 0 Å². The molecule has 4 heteroatoms.